The lowest BCUT2D eigenvalue weighted by Gasteiger charge is -2.50. The summed E-state index contributed by atoms with van der Waals surface area (Å²) in [5, 5.41) is 6.33. The Hall–Kier alpha value is -4.60. The normalized spacial score (nSPS) is 34.9. The number of anilines is 2. The molecule has 3 amide bonds. The van der Waals surface area contributed by atoms with Crippen molar-refractivity contribution < 1.29 is 19.2 Å². The molecule has 10 rings (SSSR count). The van der Waals surface area contributed by atoms with Crippen LogP contribution < -0.4 is 10.6 Å². The van der Waals surface area contributed by atoms with E-state index in [0.717, 1.165) is 73.3 Å². The summed E-state index contributed by atoms with van der Waals surface area (Å²) in [6.07, 6.45) is 7.34. The summed E-state index contributed by atoms with van der Waals surface area (Å²) in [5.41, 5.74) is 1.57. The minimum absolute atomic E-state index is 0.0336. The number of nitrogens with zero attached hydrogens (tertiary/aromatic N) is 3. The van der Waals surface area contributed by atoms with Crippen LogP contribution in [0.5, 0.6) is 0 Å². The summed E-state index contributed by atoms with van der Waals surface area (Å²) in [6.45, 7) is 1.90. The highest BCUT2D eigenvalue weighted by atomic mass is 16.2. The van der Waals surface area contributed by atoms with E-state index < -0.39 is 16.5 Å². The molecule has 7 aliphatic heterocycles. The number of carbonyl (C=O) groups excluding carboxylic acids is 4. The van der Waals surface area contributed by atoms with Crippen molar-refractivity contribution in [3.8, 4) is 0 Å². The molecular formula is C41H41N5O4. The first-order valence-corrected chi connectivity index (χ1v) is 18.3. The van der Waals surface area contributed by atoms with Gasteiger partial charge in [0.2, 0.25) is 11.8 Å². The van der Waals surface area contributed by atoms with Crippen LogP contribution in [0.4, 0.5) is 11.4 Å². The number of piperidine rings is 1. The molecule has 7 heterocycles. The maximum Gasteiger partial charge on any atom is 0.250 e. The average Bonchev–Trinajstić information content (AvgIpc) is 3.95. The molecule has 3 aromatic carbocycles. The number of Topliss-reactive ketones (excluding diaryl/α,β-unsaturated/α-hetero) is 1. The van der Waals surface area contributed by atoms with E-state index in [1.54, 1.807) is 0 Å². The van der Waals surface area contributed by atoms with Crippen LogP contribution in [0.15, 0.2) is 84.4 Å². The van der Waals surface area contributed by atoms with Crippen LogP contribution in [0.2, 0.25) is 0 Å². The summed E-state index contributed by atoms with van der Waals surface area (Å²) in [5.74, 6) is -0.513. The predicted molar refractivity (Wildman–Crippen MR) is 189 cm³/mol. The van der Waals surface area contributed by atoms with Crippen LogP contribution in [-0.2, 0) is 30.3 Å². The van der Waals surface area contributed by atoms with Crippen LogP contribution in [0.1, 0.15) is 61.6 Å². The van der Waals surface area contributed by atoms with E-state index in [0.29, 0.717) is 12.0 Å². The van der Waals surface area contributed by atoms with Gasteiger partial charge in [0.05, 0.1) is 5.41 Å². The number of nitrogens with one attached hydrogen (secondary N) is 2. The fourth-order valence-corrected chi connectivity index (χ4v) is 11.6. The number of rotatable bonds is 3. The maximum absolute atomic E-state index is 15.3. The standard InChI is InChI=1S/C41H41N5O4/c47-35(22-28-21-29-12-8-18-45(29)40(28)31-14-4-6-16-33(31)42-37(40)49)44-24-27(20-26-10-2-1-3-11-26)36(48)39(25-44)23-30-13-9-19-46(30)41(39)32-15-5-7-17-34(32)43-38(41)50/h1-7,10-11,14-17,20,28-30H,8-9,12-13,18-19,21-25H2,(H,42,49)(H,43,50)/b27-20+/t28-,29-,30-,39+,40-,41+/m1/s1. The molecule has 0 aliphatic carbocycles. The highest BCUT2D eigenvalue weighted by Gasteiger charge is 2.75. The number of amides is 3. The molecule has 3 aromatic rings. The van der Waals surface area contributed by atoms with Crippen molar-refractivity contribution in [1.82, 2.24) is 14.7 Å². The summed E-state index contributed by atoms with van der Waals surface area (Å²) in [4.78, 5) is 65.5. The number of hydrogen-bond donors (Lipinski definition) is 2. The van der Waals surface area contributed by atoms with E-state index in [2.05, 4.69) is 20.4 Å². The molecule has 0 saturated carbocycles. The van der Waals surface area contributed by atoms with Gasteiger partial charge in [-0.15, -0.1) is 0 Å². The first kappa shape index (κ1) is 30.2. The molecule has 0 aromatic heterocycles. The molecule has 9 nitrogen and oxygen atoms in total. The van der Waals surface area contributed by atoms with Gasteiger partial charge in [0.25, 0.3) is 5.91 Å². The van der Waals surface area contributed by atoms with Crippen molar-refractivity contribution in [3.63, 3.8) is 0 Å². The number of carbonyl (C=O) groups is 4. The van der Waals surface area contributed by atoms with Gasteiger partial charge in [0, 0.05) is 65.6 Å². The lowest BCUT2D eigenvalue weighted by molar-refractivity contribution is -0.151. The van der Waals surface area contributed by atoms with Gasteiger partial charge in [-0.05, 0) is 75.4 Å². The molecular weight excluding hydrogens is 626 g/mol. The average molecular weight is 668 g/mol. The largest absolute Gasteiger partial charge is 0.337 e. The smallest absolute Gasteiger partial charge is 0.250 e. The number of para-hydroxylation sites is 2. The first-order valence-electron chi connectivity index (χ1n) is 18.3. The third-order valence-corrected chi connectivity index (χ3v) is 13.4. The molecule has 0 radical (unpaired) electrons. The second-order valence-electron chi connectivity index (χ2n) is 15.5. The van der Waals surface area contributed by atoms with Gasteiger partial charge >= 0.3 is 0 Å². The Kier molecular flexibility index (Phi) is 6.47. The fraction of sp³-hybridized carbons (Fsp3) is 0.415. The van der Waals surface area contributed by atoms with Gasteiger partial charge < -0.3 is 15.5 Å². The Balaban J connectivity index is 1.09. The number of hydrogen-bond acceptors (Lipinski definition) is 6. The van der Waals surface area contributed by atoms with Gasteiger partial charge in [-0.25, -0.2) is 0 Å². The van der Waals surface area contributed by atoms with Crippen LogP contribution >= 0.6 is 0 Å². The van der Waals surface area contributed by atoms with Crippen molar-refractivity contribution >= 4 is 41.0 Å². The Morgan fingerprint density at radius 1 is 0.780 bits per heavy atom. The molecule has 50 heavy (non-hydrogen) atoms. The van der Waals surface area contributed by atoms with E-state index in [9.17, 15) is 14.4 Å². The van der Waals surface area contributed by atoms with E-state index in [4.69, 9.17) is 0 Å². The van der Waals surface area contributed by atoms with Gasteiger partial charge in [-0.2, -0.15) is 0 Å². The summed E-state index contributed by atoms with van der Waals surface area (Å²) < 4.78 is 0. The summed E-state index contributed by atoms with van der Waals surface area (Å²) in [7, 11) is 0. The van der Waals surface area contributed by atoms with E-state index in [1.165, 1.54) is 0 Å². The molecule has 6 atom stereocenters. The van der Waals surface area contributed by atoms with Crippen LogP contribution in [0.3, 0.4) is 0 Å². The zero-order valence-electron chi connectivity index (χ0n) is 28.1. The van der Waals surface area contributed by atoms with Crippen molar-refractivity contribution in [3.05, 3.63) is 101 Å². The zero-order valence-corrected chi connectivity index (χ0v) is 28.1. The molecule has 0 bridgehead atoms. The first-order chi connectivity index (χ1) is 24.4. The fourth-order valence-electron chi connectivity index (χ4n) is 11.6. The third kappa shape index (κ3) is 3.74. The molecule has 5 fully saturated rings. The molecule has 3 spiro atoms. The lowest BCUT2D eigenvalue weighted by Crippen LogP contribution is -2.65. The minimum atomic E-state index is -1.21. The summed E-state index contributed by atoms with van der Waals surface area (Å²) in [6, 6.07) is 25.8. The molecule has 5 saturated heterocycles. The van der Waals surface area contributed by atoms with Crippen molar-refractivity contribution in [1.29, 1.82) is 0 Å². The number of likely N-dealkylation sites (tertiary alicyclic amines) is 1. The van der Waals surface area contributed by atoms with E-state index in [1.807, 2.05) is 89.8 Å². The van der Waals surface area contributed by atoms with Crippen molar-refractivity contribution in [2.24, 2.45) is 11.3 Å². The second-order valence-corrected chi connectivity index (χ2v) is 15.5. The van der Waals surface area contributed by atoms with E-state index in [-0.39, 0.29) is 61.0 Å². The predicted octanol–water partition coefficient (Wildman–Crippen LogP) is 4.91. The number of ketones is 1. The lowest BCUT2D eigenvalue weighted by atomic mass is 9.60. The van der Waals surface area contributed by atoms with Gasteiger partial charge in [0.1, 0.15) is 11.1 Å². The topological polar surface area (TPSA) is 102 Å². The molecule has 2 N–H and O–H groups in total. The summed E-state index contributed by atoms with van der Waals surface area (Å²) >= 11 is 0. The van der Waals surface area contributed by atoms with Crippen molar-refractivity contribution in [2.75, 3.05) is 36.8 Å². The maximum atomic E-state index is 15.3. The van der Waals surface area contributed by atoms with Crippen LogP contribution in [0.25, 0.3) is 6.08 Å². The Labute approximate surface area is 291 Å². The van der Waals surface area contributed by atoms with Crippen LogP contribution in [0, 0.1) is 11.3 Å². The van der Waals surface area contributed by atoms with Gasteiger partial charge in [-0.3, -0.25) is 29.0 Å². The Bertz CT molecular complexity index is 2010. The molecule has 254 valence electrons. The number of benzene rings is 3. The SMILES string of the molecule is O=C(C[C@H]1C[C@H]2CCCN2[C@]12C(=O)Nc1ccccc12)N1C/C(=C\c2ccccc2)C(=O)[C@]2(C[C@H]3CCCN3[C@@]23C(=O)Nc2ccccc23)C1. The van der Waals surface area contributed by atoms with Gasteiger partial charge in [0.15, 0.2) is 5.78 Å². The third-order valence-electron chi connectivity index (χ3n) is 13.4. The molecule has 9 heteroatoms. The number of fused-ring (bicyclic) bond motifs is 9. The highest BCUT2D eigenvalue weighted by molar-refractivity contribution is 6.16. The zero-order chi connectivity index (χ0) is 33.8. The Morgan fingerprint density at radius 3 is 2.24 bits per heavy atom. The molecule has 7 aliphatic rings. The minimum Gasteiger partial charge on any atom is -0.337 e. The molecule has 0 unspecified atom stereocenters. The quantitative estimate of drug-likeness (QED) is 0.386. The second kappa shape index (κ2) is 10.7. The Morgan fingerprint density at radius 2 is 1.44 bits per heavy atom. The van der Waals surface area contributed by atoms with Crippen molar-refractivity contribution in [2.45, 2.75) is 68.1 Å². The van der Waals surface area contributed by atoms with Crippen LogP contribution in [-0.4, -0.2) is 76.5 Å². The van der Waals surface area contributed by atoms with Gasteiger partial charge in [-0.1, -0.05) is 66.7 Å². The van der Waals surface area contributed by atoms with E-state index >= 15 is 4.79 Å². The highest BCUT2D eigenvalue weighted by Crippen LogP contribution is 2.64. The monoisotopic (exact) mass is 667 g/mol.